The number of aryl methyl sites for hydroxylation is 1. The van der Waals surface area contributed by atoms with E-state index in [-0.39, 0.29) is 23.7 Å². The summed E-state index contributed by atoms with van der Waals surface area (Å²) >= 11 is 0. The smallest absolute Gasteiger partial charge is 0.267 e. The number of halogens is 1. The predicted octanol–water partition coefficient (Wildman–Crippen LogP) is 2.04. The Bertz CT molecular complexity index is 739. The Balaban J connectivity index is 1.51. The second-order valence-corrected chi connectivity index (χ2v) is 6.18. The number of carbonyl (C=O) groups excluding carboxylic acids is 2. The van der Waals surface area contributed by atoms with E-state index in [0.29, 0.717) is 31.6 Å². The third-order valence-corrected chi connectivity index (χ3v) is 4.21. The summed E-state index contributed by atoms with van der Waals surface area (Å²) in [5.41, 5.74) is 2.48. The molecular formula is C18H20FN3O2. The quantitative estimate of drug-likeness (QED) is 0.881. The van der Waals surface area contributed by atoms with E-state index in [9.17, 15) is 14.0 Å². The number of nitrogens with one attached hydrogen (secondary N) is 2. The summed E-state index contributed by atoms with van der Waals surface area (Å²) in [6.45, 7) is 2.98. The van der Waals surface area contributed by atoms with Crippen molar-refractivity contribution in [1.82, 2.24) is 15.2 Å². The van der Waals surface area contributed by atoms with Gasteiger partial charge in [-0.25, -0.2) is 4.39 Å². The zero-order chi connectivity index (χ0) is 17.1. The molecule has 5 nitrogen and oxygen atoms in total. The van der Waals surface area contributed by atoms with Crippen molar-refractivity contribution in [2.75, 3.05) is 13.1 Å². The van der Waals surface area contributed by atoms with Gasteiger partial charge < -0.3 is 15.2 Å². The van der Waals surface area contributed by atoms with Gasteiger partial charge in [0.2, 0.25) is 5.91 Å². The Hall–Kier alpha value is -2.63. The second-order valence-electron chi connectivity index (χ2n) is 6.18. The molecule has 1 aromatic carbocycles. The van der Waals surface area contributed by atoms with Gasteiger partial charge in [-0.15, -0.1) is 0 Å². The maximum absolute atomic E-state index is 12.9. The normalized spacial score (nSPS) is 17.3. The number of amides is 2. The summed E-state index contributed by atoms with van der Waals surface area (Å²) in [4.78, 5) is 28.9. The van der Waals surface area contributed by atoms with Crippen LogP contribution in [0.4, 0.5) is 4.39 Å². The number of hydrogen-bond donors (Lipinski definition) is 2. The zero-order valence-corrected chi connectivity index (χ0v) is 13.5. The molecule has 2 heterocycles. The van der Waals surface area contributed by atoms with Crippen LogP contribution < -0.4 is 5.32 Å². The van der Waals surface area contributed by atoms with Crippen molar-refractivity contribution in [2.24, 2.45) is 0 Å². The van der Waals surface area contributed by atoms with Gasteiger partial charge in [0.1, 0.15) is 11.5 Å². The molecule has 2 amide bonds. The van der Waals surface area contributed by atoms with Gasteiger partial charge in [0.25, 0.3) is 5.91 Å². The molecule has 1 aromatic heterocycles. The average Bonchev–Trinajstić information content (AvgIpc) is 3.13. The number of benzene rings is 1. The lowest BCUT2D eigenvalue weighted by atomic mass is 10.1. The summed E-state index contributed by atoms with van der Waals surface area (Å²) in [5.74, 6) is -0.426. The van der Waals surface area contributed by atoms with Gasteiger partial charge in [0.05, 0.1) is 6.04 Å². The maximum Gasteiger partial charge on any atom is 0.267 e. The van der Waals surface area contributed by atoms with Gasteiger partial charge in [-0.3, -0.25) is 9.59 Å². The van der Waals surface area contributed by atoms with Crippen LogP contribution in [0.5, 0.6) is 0 Å². The van der Waals surface area contributed by atoms with E-state index >= 15 is 0 Å². The molecule has 2 aromatic rings. The van der Waals surface area contributed by atoms with E-state index in [1.165, 1.54) is 12.1 Å². The fourth-order valence-corrected chi connectivity index (χ4v) is 2.90. The average molecular weight is 329 g/mol. The Morgan fingerprint density at radius 1 is 1.38 bits per heavy atom. The van der Waals surface area contributed by atoms with Crippen molar-refractivity contribution in [3.05, 3.63) is 59.2 Å². The Morgan fingerprint density at radius 3 is 2.79 bits per heavy atom. The van der Waals surface area contributed by atoms with Crippen LogP contribution in [-0.4, -0.2) is 40.8 Å². The molecule has 0 bridgehead atoms. The predicted molar refractivity (Wildman–Crippen MR) is 88.1 cm³/mol. The topological polar surface area (TPSA) is 65.2 Å². The summed E-state index contributed by atoms with van der Waals surface area (Å²) in [7, 11) is 0. The van der Waals surface area contributed by atoms with Gasteiger partial charge in [-0.1, -0.05) is 12.1 Å². The fourth-order valence-electron chi connectivity index (χ4n) is 2.90. The first-order valence-corrected chi connectivity index (χ1v) is 7.99. The minimum absolute atomic E-state index is 0.0325. The Labute approximate surface area is 139 Å². The minimum Gasteiger partial charge on any atom is -0.357 e. The third kappa shape index (κ3) is 3.82. The van der Waals surface area contributed by atoms with Gasteiger partial charge >= 0.3 is 0 Å². The van der Waals surface area contributed by atoms with Crippen LogP contribution in [0, 0.1) is 12.7 Å². The van der Waals surface area contributed by atoms with Gasteiger partial charge in [0, 0.05) is 25.7 Å². The highest BCUT2D eigenvalue weighted by Gasteiger charge is 2.30. The van der Waals surface area contributed by atoms with Crippen LogP contribution in [-0.2, 0) is 11.2 Å². The summed E-state index contributed by atoms with van der Waals surface area (Å²) < 4.78 is 12.9. The van der Waals surface area contributed by atoms with Gasteiger partial charge in [-0.2, -0.15) is 0 Å². The summed E-state index contributed by atoms with van der Waals surface area (Å²) in [6.07, 6.45) is 2.75. The number of aromatic nitrogens is 1. The summed E-state index contributed by atoms with van der Waals surface area (Å²) in [5, 5.41) is 2.89. The second kappa shape index (κ2) is 6.86. The van der Waals surface area contributed by atoms with Crippen molar-refractivity contribution in [3.8, 4) is 0 Å². The van der Waals surface area contributed by atoms with E-state index in [1.807, 2.05) is 6.92 Å². The molecule has 0 unspecified atom stereocenters. The molecule has 1 aliphatic rings. The first kappa shape index (κ1) is 16.2. The number of carbonyl (C=O) groups is 2. The molecule has 1 fully saturated rings. The first-order chi connectivity index (χ1) is 11.5. The molecule has 0 radical (unpaired) electrons. The lowest BCUT2D eigenvalue weighted by molar-refractivity contribution is -0.127. The molecule has 1 atom stereocenters. The van der Waals surface area contributed by atoms with Crippen molar-refractivity contribution in [1.29, 1.82) is 0 Å². The summed E-state index contributed by atoms with van der Waals surface area (Å²) in [6, 6.07) is 7.89. The van der Waals surface area contributed by atoms with Crippen LogP contribution in [0.1, 0.15) is 28.0 Å². The van der Waals surface area contributed by atoms with Crippen molar-refractivity contribution in [2.45, 2.75) is 25.8 Å². The van der Waals surface area contributed by atoms with Crippen LogP contribution in [0.15, 0.2) is 36.5 Å². The lowest BCUT2D eigenvalue weighted by Crippen LogP contribution is -2.37. The standard InChI is InChI=1S/C18H20FN3O2/c1-12-8-16(20-10-12)18(24)21-15-9-17(23)22(11-15)7-6-13-2-4-14(19)5-3-13/h2-5,8,10,15,20H,6-7,9,11H2,1H3,(H,21,24)/t15-/m0/s1. The molecule has 6 heteroatoms. The molecule has 2 N–H and O–H groups in total. The number of hydrogen-bond acceptors (Lipinski definition) is 2. The fraction of sp³-hybridized carbons (Fsp3) is 0.333. The highest BCUT2D eigenvalue weighted by molar-refractivity contribution is 5.93. The molecule has 24 heavy (non-hydrogen) atoms. The van der Waals surface area contributed by atoms with Crippen molar-refractivity contribution < 1.29 is 14.0 Å². The molecule has 0 aliphatic carbocycles. The minimum atomic E-state index is -0.265. The molecule has 1 aliphatic heterocycles. The molecule has 0 spiro atoms. The molecule has 1 saturated heterocycles. The number of H-pyrrole nitrogens is 1. The third-order valence-electron chi connectivity index (χ3n) is 4.21. The van der Waals surface area contributed by atoms with E-state index in [0.717, 1.165) is 11.1 Å². The van der Waals surface area contributed by atoms with E-state index in [4.69, 9.17) is 0 Å². The van der Waals surface area contributed by atoms with Crippen molar-refractivity contribution in [3.63, 3.8) is 0 Å². The number of aromatic amines is 1. The lowest BCUT2D eigenvalue weighted by Gasteiger charge is -2.17. The number of rotatable bonds is 5. The van der Waals surface area contributed by atoms with Gasteiger partial charge in [0.15, 0.2) is 0 Å². The maximum atomic E-state index is 12.9. The molecule has 126 valence electrons. The van der Waals surface area contributed by atoms with Crippen LogP contribution >= 0.6 is 0 Å². The SMILES string of the molecule is Cc1c[nH]c(C(=O)N[C@H]2CC(=O)N(CCc3ccc(F)cc3)C2)c1. The van der Waals surface area contributed by atoms with Crippen molar-refractivity contribution >= 4 is 11.8 Å². The Kier molecular flexibility index (Phi) is 4.64. The van der Waals surface area contributed by atoms with Crippen LogP contribution in [0.25, 0.3) is 0 Å². The molecule has 3 rings (SSSR count). The Morgan fingerprint density at radius 2 is 2.12 bits per heavy atom. The number of nitrogens with zero attached hydrogens (tertiary/aromatic N) is 1. The highest BCUT2D eigenvalue weighted by atomic mass is 19.1. The largest absolute Gasteiger partial charge is 0.357 e. The van der Waals surface area contributed by atoms with E-state index in [1.54, 1.807) is 29.3 Å². The molecular weight excluding hydrogens is 309 g/mol. The first-order valence-electron chi connectivity index (χ1n) is 7.99. The highest BCUT2D eigenvalue weighted by Crippen LogP contribution is 2.14. The van der Waals surface area contributed by atoms with Gasteiger partial charge in [-0.05, 0) is 42.7 Å². The van der Waals surface area contributed by atoms with E-state index < -0.39 is 0 Å². The van der Waals surface area contributed by atoms with Crippen LogP contribution in [0.3, 0.4) is 0 Å². The van der Waals surface area contributed by atoms with Crippen LogP contribution in [0.2, 0.25) is 0 Å². The molecule has 0 saturated carbocycles. The van der Waals surface area contributed by atoms with E-state index in [2.05, 4.69) is 10.3 Å². The number of likely N-dealkylation sites (tertiary alicyclic amines) is 1. The zero-order valence-electron chi connectivity index (χ0n) is 13.5. The monoisotopic (exact) mass is 329 g/mol.